The molecule has 2 unspecified atom stereocenters. The highest BCUT2D eigenvalue weighted by Gasteiger charge is 2.35. The molecule has 1 aromatic rings. The van der Waals surface area contributed by atoms with E-state index in [-0.39, 0.29) is 0 Å². The topological polar surface area (TPSA) is 15.3 Å². The van der Waals surface area contributed by atoms with E-state index >= 15 is 0 Å². The molecule has 1 aromatic carbocycles. The van der Waals surface area contributed by atoms with Crippen molar-refractivity contribution in [2.75, 3.05) is 19.6 Å². The standard InChI is InChI=1S/C28H38N2/c1-19-8-10-27(21(3)29-19)28-17-25-16-24(9-11-26(25)20(28)2)23-12-14-30(15-13-23)18-22-6-4-5-7-22/h9,11,16,22-23,27-29H,1-8,10,12-15,17-18H2. The second-order valence-corrected chi connectivity index (χ2v) is 10.4. The van der Waals surface area contributed by atoms with Crippen LogP contribution in [0.15, 0.2) is 49.3 Å². The molecular weight excluding hydrogens is 364 g/mol. The van der Waals surface area contributed by atoms with E-state index in [1.807, 2.05) is 0 Å². The van der Waals surface area contributed by atoms with Gasteiger partial charge in [0.25, 0.3) is 0 Å². The number of allylic oxidation sites excluding steroid dienone is 3. The third-order valence-corrected chi connectivity index (χ3v) is 8.44. The summed E-state index contributed by atoms with van der Waals surface area (Å²) in [4.78, 5) is 2.74. The molecule has 0 spiro atoms. The largest absolute Gasteiger partial charge is 0.363 e. The van der Waals surface area contributed by atoms with E-state index in [1.54, 1.807) is 5.56 Å². The fraction of sp³-hybridized carbons (Fsp3) is 0.571. The zero-order chi connectivity index (χ0) is 20.7. The van der Waals surface area contributed by atoms with Crippen molar-refractivity contribution < 1.29 is 0 Å². The van der Waals surface area contributed by atoms with Crippen molar-refractivity contribution in [3.05, 3.63) is 66.0 Å². The van der Waals surface area contributed by atoms with Crippen LogP contribution in [0.25, 0.3) is 5.57 Å². The van der Waals surface area contributed by atoms with Gasteiger partial charge >= 0.3 is 0 Å². The number of rotatable bonds is 4. The van der Waals surface area contributed by atoms with Crippen molar-refractivity contribution in [3.63, 3.8) is 0 Å². The molecular formula is C28H38N2. The van der Waals surface area contributed by atoms with Crippen molar-refractivity contribution in [2.24, 2.45) is 17.8 Å². The molecule has 5 rings (SSSR count). The Morgan fingerprint density at radius 2 is 1.70 bits per heavy atom. The minimum absolute atomic E-state index is 0.484. The van der Waals surface area contributed by atoms with Crippen LogP contribution in [0.3, 0.4) is 0 Å². The third kappa shape index (κ3) is 3.91. The van der Waals surface area contributed by atoms with Gasteiger partial charge < -0.3 is 10.2 Å². The van der Waals surface area contributed by atoms with Gasteiger partial charge in [-0.15, -0.1) is 0 Å². The molecule has 4 aliphatic rings. The third-order valence-electron chi connectivity index (χ3n) is 8.44. The van der Waals surface area contributed by atoms with Gasteiger partial charge in [-0.2, -0.15) is 0 Å². The average Bonchev–Trinajstić information content (AvgIpc) is 3.36. The van der Waals surface area contributed by atoms with E-state index in [2.05, 4.69) is 48.2 Å². The Kier molecular flexibility index (Phi) is 5.62. The Labute approximate surface area is 183 Å². The van der Waals surface area contributed by atoms with E-state index in [0.717, 1.165) is 42.5 Å². The van der Waals surface area contributed by atoms with Gasteiger partial charge in [-0.3, -0.25) is 0 Å². The van der Waals surface area contributed by atoms with Crippen LogP contribution in [-0.2, 0) is 6.42 Å². The summed E-state index contributed by atoms with van der Waals surface area (Å²) in [6.45, 7) is 16.8. The molecule has 0 radical (unpaired) electrons. The van der Waals surface area contributed by atoms with Gasteiger partial charge in [-0.1, -0.05) is 50.8 Å². The van der Waals surface area contributed by atoms with Crippen LogP contribution in [0.1, 0.15) is 74.0 Å². The molecule has 2 atom stereocenters. The number of nitrogens with zero attached hydrogens (tertiary/aromatic N) is 1. The molecule has 160 valence electrons. The lowest BCUT2D eigenvalue weighted by molar-refractivity contribution is 0.183. The number of piperidine rings is 2. The lowest BCUT2D eigenvalue weighted by atomic mass is 9.80. The number of nitrogens with one attached hydrogen (secondary N) is 1. The summed E-state index contributed by atoms with van der Waals surface area (Å²) in [5.41, 5.74) is 8.06. The van der Waals surface area contributed by atoms with Gasteiger partial charge in [0.05, 0.1) is 0 Å². The molecule has 1 saturated carbocycles. The zero-order valence-electron chi connectivity index (χ0n) is 18.6. The molecule has 3 fully saturated rings. The number of fused-ring (bicyclic) bond motifs is 1. The molecule has 2 nitrogen and oxygen atoms in total. The first-order valence-corrected chi connectivity index (χ1v) is 12.3. The van der Waals surface area contributed by atoms with Gasteiger partial charge in [0, 0.05) is 23.9 Å². The quantitative estimate of drug-likeness (QED) is 0.638. The predicted octanol–water partition coefficient (Wildman–Crippen LogP) is 6.27. The fourth-order valence-electron chi connectivity index (χ4n) is 6.63. The smallest absolute Gasteiger partial charge is 0.0113 e. The van der Waals surface area contributed by atoms with Crippen molar-refractivity contribution in [1.82, 2.24) is 10.2 Å². The maximum Gasteiger partial charge on any atom is 0.0113 e. The van der Waals surface area contributed by atoms with E-state index in [9.17, 15) is 0 Å². The van der Waals surface area contributed by atoms with Crippen LogP contribution < -0.4 is 5.32 Å². The average molecular weight is 403 g/mol. The fourth-order valence-corrected chi connectivity index (χ4v) is 6.63. The lowest BCUT2D eigenvalue weighted by Crippen LogP contribution is -2.36. The second kappa shape index (κ2) is 8.38. The van der Waals surface area contributed by atoms with Gasteiger partial charge in [-0.05, 0) is 98.1 Å². The SMILES string of the molecule is C=C1CCC(C2Cc3cc(C4CCN(CC5CCCC5)CC4)ccc3C2=C)C(=C)N1. The highest BCUT2D eigenvalue weighted by molar-refractivity contribution is 5.74. The lowest BCUT2D eigenvalue weighted by Gasteiger charge is -2.34. The minimum Gasteiger partial charge on any atom is -0.363 e. The summed E-state index contributed by atoms with van der Waals surface area (Å²) < 4.78 is 0. The van der Waals surface area contributed by atoms with Crippen LogP contribution >= 0.6 is 0 Å². The normalized spacial score (nSPS) is 28.7. The molecule has 2 aliphatic heterocycles. The van der Waals surface area contributed by atoms with Crippen molar-refractivity contribution in [3.8, 4) is 0 Å². The Morgan fingerprint density at radius 1 is 0.933 bits per heavy atom. The van der Waals surface area contributed by atoms with Crippen LogP contribution in [0.2, 0.25) is 0 Å². The molecule has 0 amide bonds. The Morgan fingerprint density at radius 3 is 2.43 bits per heavy atom. The predicted molar refractivity (Wildman–Crippen MR) is 127 cm³/mol. The first-order valence-electron chi connectivity index (χ1n) is 12.3. The van der Waals surface area contributed by atoms with E-state index in [0.29, 0.717) is 11.8 Å². The van der Waals surface area contributed by atoms with Crippen molar-refractivity contribution in [2.45, 2.75) is 63.7 Å². The van der Waals surface area contributed by atoms with Crippen molar-refractivity contribution >= 4 is 5.57 Å². The maximum atomic E-state index is 4.51. The number of benzene rings is 1. The molecule has 2 saturated heterocycles. The molecule has 0 bridgehead atoms. The summed E-state index contributed by atoms with van der Waals surface area (Å²) >= 11 is 0. The van der Waals surface area contributed by atoms with Crippen LogP contribution in [0, 0.1) is 17.8 Å². The van der Waals surface area contributed by atoms with E-state index in [1.165, 1.54) is 74.9 Å². The second-order valence-electron chi connectivity index (χ2n) is 10.4. The Balaban J connectivity index is 1.22. The van der Waals surface area contributed by atoms with Crippen LogP contribution in [-0.4, -0.2) is 24.5 Å². The van der Waals surface area contributed by atoms with E-state index in [4.69, 9.17) is 0 Å². The summed E-state index contributed by atoms with van der Waals surface area (Å²) in [6.07, 6.45) is 11.8. The highest BCUT2D eigenvalue weighted by atomic mass is 15.1. The summed E-state index contributed by atoms with van der Waals surface area (Å²) in [5.74, 6) is 2.69. The van der Waals surface area contributed by atoms with Gasteiger partial charge in [0.15, 0.2) is 0 Å². The number of hydrogen-bond donors (Lipinski definition) is 1. The van der Waals surface area contributed by atoms with Gasteiger partial charge in [-0.25, -0.2) is 0 Å². The maximum absolute atomic E-state index is 4.51. The molecule has 2 aliphatic carbocycles. The zero-order valence-corrected chi connectivity index (χ0v) is 18.6. The minimum atomic E-state index is 0.484. The van der Waals surface area contributed by atoms with Crippen molar-refractivity contribution in [1.29, 1.82) is 0 Å². The van der Waals surface area contributed by atoms with E-state index < -0.39 is 0 Å². The summed E-state index contributed by atoms with van der Waals surface area (Å²) in [7, 11) is 0. The van der Waals surface area contributed by atoms with Gasteiger partial charge in [0.1, 0.15) is 0 Å². The summed E-state index contributed by atoms with van der Waals surface area (Å²) in [6, 6.07) is 7.30. The first kappa shape index (κ1) is 20.1. The highest BCUT2D eigenvalue weighted by Crippen LogP contribution is 2.46. The summed E-state index contributed by atoms with van der Waals surface area (Å²) in [5, 5.41) is 3.41. The molecule has 30 heavy (non-hydrogen) atoms. The first-order chi connectivity index (χ1) is 14.6. The number of hydrogen-bond acceptors (Lipinski definition) is 2. The van der Waals surface area contributed by atoms with Gasteiger partial charge in [0.2, 0.25) is 0 Å². The molecule has 1 N–H and O–H groups in total. The monoisotopic (exact) mass is 402 g/mol. The van der Waals surface area contributed by atoms with Crippen LogP contribution in [0.5, 0.6) is 0 Å². The van der Waals surface area contributed by atoms with Crippen LogP contribution in [0.4, 0.5) is 0 Å². The molecule has 2 heteroatoms. The molecule has 0 aromatic heterocycles. The molecule has 2 heterocycles. The Bertz CT molecular complexity index is 836. The number of likely N-dealkylation sites (tertiary alicyclic amines) is 1. The Hall–Kier alpha value is -1.80.